The van der Waals surface area contributed by atoms with E-state index in [-0.39, 0.29) is 0 Å². The molecule has 1 aromatic rings. The molecule has 0 aliphatic heterocycles. The maximum Gasteiger partial charge on any atom is 0.0211 e. The van der Waals surface area contributed by atoms with Crippen LogP contribution in [-0.2, 0) is 6.42 Å². The van der Waals surface area contributed by atoms with Crippen LogP contribution in [0.15, 0.2) is 17.5 Å². The van der Waals surface area contributed by atoms with Crippen molar-refractivity contribution < 1.29 is 0 Å². The van der Waals surface area contributed by atoms with E-state index in [1.165, 1.54) is 11.3 Å². The summed E-state index contributed by atoms with van der Waals surface area (Å²) in [7, 11) is 0. The molecule has 1 rings (SSSR count). The van der Waals surface area contributed by atoms with Gasteiger partial charge in [-0.2, -0.15) is 0 Å². The van der Waals surface area contributed by atoms with Crippen LogP contribution < -0.4 is 11.3 Å². The lowest BCUT2D eigenvalue weighted by atomic mass is 10.0. The van der Waals surface area contributed by atoms with E-state index in [9.17, 15) is 0 Å². The molecule has 1 atom stereocenters. The minimum absolute atomic E-state index is 0.410. The largest absolute Gasteiger partial charge is 0.271 e. The molecule has 0 amide bonds. The lowest BCUT2D eigenvalue weighted by molar-refractivity contribution is 0.443. The number of nitrogens with one attached hydrogen (secondary N) is 1. The number of hydrogen-bond donors (Lipinski definition) is 2. The van der Waals surface area contributed by atoms with E-state index < -0.39 is 0 Å². The highest BCUT2D eigenvalue weighted by atomic mass is 32.1. The fourth-order valence-corrected chi connectivity index (χ4v) is 2.49. The summed E-state index contributed by atoms with van der Waals surface area (Å²) in [6, 6.07) is 4.70. The first kappa shape index (κ1) is 13.2. The van der Waals surface area contributed by atoms with Crippen LogP contribution in [0.2, 0.25) is 0 Å². The summed E-state index contributed by atoms with van der Waals surface area (Å²) in [4.78, 5) is 1.46. The van der Waals surface area contributed by atoms with Gasteiger partial charge >= 0.3 is 0 Å². The normalized spacial score (nSPS) is 12.2. The minimum atomic E-state index is 0.410. The zero-order chi connectivity index (χ0) is 11.6. The van der Waals surface area contributed by atoms with Gasteiger partial charge in [-0.3, -0.25) is 11.3 Å². The average molecular weight is 236 g/mol. The van der Waals surface area contributed by atoms with Crippen LogP contribution in [0.3, 0.4) is 0 Å². The molecule has 0 aromatic carbocycles. The molecule has 0 bridgehead atoms. The zero-order valence-corrected chi connectivity index (χ0v) is 10.4. The van der Waals surface area contributed by atoms with E-state index in [0.717, 1.165) is 32.1 Å². The van der Waals surface area contributed by atoms with E-state index in [2.05, 4.69) is 28.9 Å². The third kappa shape index (κ3) is 5.32. The molecule has 0 saturated carbocycles. The van der Waals surface area contributed by atoms with Crippen LogP contribution in [0.1, 0.15) is 37.0 Å². The van der Waals surface area contributed by atoms with Crippen molar-refractivity contribution in [1.29, 1.82) is 0 Å². The Labute approximate surface area is 102 Å². The number of thiophene rings is 1. The van der Waals surface area contributed by atoms with Crippen LogP contribution in [0.4, 0.5) is 0 Å². The van der Waals surface area contributed by atoms with E-state index in [0.29, 0.717) is 6.04 Å². The van der Waals surface area contributed by atoms with Gasteiger partial charge in [0.2, 0.25) is 0 Å². The molecule has 16 heavy (non-hydrogen) atoms. The fourth-order valence-electron chi connectivity index (χ4n) is 1.74. The number of hydrazine groups is 1. The third-order valence-corrected chi connectivity index (χ3v) is 3.60. The number of hydrogen-bond acceptors (Lipinski definition) is 3. The van der Waals surface area contributed by atoms with Crippen LogP contribution in [-0.4, -0.2) is 6.04 Å². The summed E-state index contributed by atoms with van der Waals surface area (Å²) < 4.78 is 0. The molecule has 0 spiro atoms. The van der Waals surface area contributed by atoms with Crippen molar-refractivity contribution in [2.45, 2.75) is 44.6 Å². The zero-order valence-electron chi connectivity index (χ0n) is 9.61. The van der Waals surface area contributed by atoms with E-state index in [1.807, 2.05) is 11.3 Å². The highest BCUT2D eigenvalue weighted by molar-refractivity contribution is 7.09. The van der Waals surface area contributed by atoms with Gasteiger partial charge in [0.25, 0.3) is 0 Å². The highest BCUT2D eigenvalue weighted by Gasteiger charge is 2.05. The number of terminal acetylenes is 1. The molecule has 0 fully saturated rings. The second-order valence-electron chi connectivity index (χ2n) is 3.93. The van der Waals surface area contributed by atoms with E-state index in [1.54, 1.807) is 0 Å². The smallest absolute Gasteiger partial charge is 0.0211 e. The predicted octanol–water partition coefficient (Wildman–Crippen LogP) is 2.71. The van der Waals surface area contributed by atoms with Crippen LogP contribution in [0, 0.1) is 12.3 Å². The fraction of sp³-hybridized carbons (Fsp3) is 0.538. The number of rotatable bonds is 8. The molecule has 0 radical (unpaired) electrons. The Morgan fingerprint density at radius 3 is 2.88 bits per heavy atom. The quantitative estimate of drug-likeness (QED) is 0.315. The van der Waals surface area contributed by atoms with Gasteiger partial charge in [-0.1, -0.05) is 6.07 Å². The lowest BCUT2D eigenvalue weighted by Gasteiger charge is -2.14. The molecule has 1 unspecified atom stereocenters. The van der Waals surface area contributed by atoms with Crippen molar-refractivity contribution >= 4 is 11.3 Å². The van der Waals surface area contributed by atoms with Crippen molar-refractivity contribution in [3.05, 3.63) is 22.4 Å². The van der Waals surface area contributed by atoms with Gasteiger partial charge in [0.15, 0.2) is 0 Å². The summed E-state index contributed by atoms with van der Waals surface area (Å²) in [6.45, 7) is 0. The van der Waals surface area contributed by atoms with Crippen LogP contribution >= 0.6 is 11.3 Å². The maximum atomic E-state index is 5.52. The van der Waals surface area contributed by atoms with E-state index in [4.69, 9.17) is 12.3 Å². The van der Waals surface area contributed by atoms with Crippen molar-refractivity contribution in [2.24, 2.45) is 5.84 Å². The molecule has 2 nitrogen and oxygen atoms in total. The van der Waals surface area contributed by atoms with Crippen LogP contribution in [0.25, 0.3) is 0 Å². The van der Waals surface area contributed by atoms with Gasteiger partial charge in [-0.05, 0) is 43.6 Å². The Morgan fingerprint density at radius 1 is 1.44 bits per heavy atom. The SMILES string of the molecule is C#CCCCC(CCCc1cccs1)NN. The van der Waals surface area contributed by atoms with Gasteiger partial charge in [-0.15, -0.1) is 23.7 Å². The Balaban J connectivity index is 2.11. The minimum Gasteiger partial charge on any atom is -0.271 e. The number of aryl methyl sites for hydroxylation is 1. The standard InChI is InChI=1S/C13H20N2S/c1-2-3-4-7-12(15-14)8-5-9-13-10-6-11-16-13/h1,6,10-12,15H,3-5,7-9,14H2. The number of unbranched alkanes of at least 4 members (excludes halogenated alkanes) is 1. The Bertz CT molecular complexity index is 300. The first-order chi connectivity index (χ1) is 7.86. The first-order valence-electron chi connectivity index (χ1n) is 5.78. The molecule has 0 saturated heterocycles. The maximum absolute atomic E-state index is 5.52. The molecule has 88 valence electrons. The molecule has 0 aliphatic rings. The van der Waals surface area contributed by atoms with E-state index >= 15 is 0 Å². The van der Waals surface area contributed by atoms with Gasteiger partial charge in [-0.25, -0.2) is 0 Å². The monoisotopic (exact) mass is 236 g/mol. The molecule has 0 aliphatic carbocycles. The van der Waals surface area contributed by atoms with Crippen molar-refractivity contribution in [3.63, 3.8) is 0 Å². The molecule has 1 aromatic heterocycles. The molecular formula is C13H20N2S. The third-order valence-electron chi connectivity index (χ3n) is 2.67. The topological polar surface area (TPSA) is 38.0 Å². The Hall–Kier alpha value is -0.820. The van der Waals surface area contributed by atoms with Crippen molar-refractivity contribution in [3.8, 4) is 12.3 Å². The summed E-state index contributed by atoms with van der Waals surface area (Å²) in [5, 5.41) is 2.13. The van der Waals surface area contributed by atoms with Gasteiger partial charge < -0.3 is 0 Å². The van der Waals surface area contributed by atoms with Gasteiger partial charge in [0.05, 0.1) is 0 Å². The predicted molar refractivity (Wildman–Crippen MR) is 71.1 cm³/mol. The second kappa shape index (κ2) is 8.35. The molecule has 3 heteroatoms. The van der Waals surface area contributed by atoms with Gasteiger partial charge in [0.1, 0.15) is 0 Å². The highest BCUT2D eigenvalue weighted by Crippen LogP contribution is 2.14. The second-order valence-corrected chi connectivity index (χ2v) is 4.96. The molecule has 1 heterocycles. The molecule has 3 N–H and O–H groups in total. The summed E-state index contributed by atoms with van der Waals surface area (Å²) in [5.41, 5.74) is 2.88. The van der Waals surface area contributed by atoms with Crippen molar-refractivity contribution in [1.82, 2.24) is 5.43 Å². The first-order valence-corrected chi connectivity index (χ1v) is 6.66. The van der Waals surface area contributed by atoms with Crippen LogP contribution in [0.5, 0.6) is 0 Å². The van der Waals surface area contributed by atoms with Gasteiger partial charge in [0, 0.05) is 17.3 Å². The Kier molecular flexibility index (Phi) is 6.91. The molecular weight excluding hydrogens is 216 g/mol. The summed E-state index contributed by atoms with van der Waals surface area (Å²) >= 11 is 1.83. The summed E-state index contributed by atoms with van der Waals surface area (Å²) in [5.74, 6) is 8.17. The lowest BCUT2D eigenvalue weighted by Crippen LogP contribution is -2.35. The van der Waals surface area contributed by atoms with Crippen molar-refractivity contribution in [2.75, 3.05) is 0 Å². The Morgan fingerprint density at radius 2 is 2.25 bits per heavy atom. The number of nitrogens with two attached hydrogens (primary N) is 1. The summed E-state index contributed by atoms with van der Waals surface area (Å²) in [6.07, 6.45) is 11.7. The average Bonchev–Trinajstić information content (AvgIpc) is 2.80.